The van der Waals surface area contributed by atoms with Gasteiger partial charge in [0.15, 0.2) is 0 Å². The van der Waals surface area contributed by atoms with Crippen molar-refractivity contribution in [2.24, 2.45) is 5.73 Å². The van der Waals surface area contributed by atoms with Gasteiger partial charge in [-0.15, -0.1) is 0 Å². The number of nitrogens with two attached hydrogens (primary N) is 1. The number of benzene rings is 1. The van der Waals surface area contributed by atoms with Crippen LogP contribution in [0.5, 0.6) is 0 Å². The zero-order valence-corrected chi connectivity index (χ0v) is 11.1. The molecule has 96 valence electrons. The average Bonchev–Trinajstić information content (AvgIpc) is 2.27. The number of rotatable bonds is 6. The van der Waals surface area contributed by atoms with Gasteiger partial charge in [-0.1, -0.05) is 24.3 Å². The van der Waals surface area contributed by atoms with Crippen molar-refractivity contribution in [1.82, 2.24) is 4.90 Å². The van der Waals surface area contributed by atoms with Gasteiger partial charge in [0, 0.05) is 19.6 Å². The first-order valence-corrected chi connectivity index (χ1v) is 6.09. The Kier molecular flexibility index (Phi) is 5.12. The molecular weight excluding hydrogens is 212 g/mol. The van der Waals surface area contributed by atoms with E-state index < -0.39 is 5.60 Å². The predicted molar refractivity (Wildman–Crippen MR) is 71.6 cm³/mol. The van der Waals surface area contributed by atoms with Crippen molar-refractivity contribution in [3.05, 3.63) is 35.4 Å². The monoisotopic (exact) mass is 236 g/mol. The fourth-order valence-corrected chi connectivity index (χ4v) is 1.64. The normalized spacial score (nSPS) is 12.1. The highest BCUT2D eigenvalue weighted by Crippen LogP contribution is 2.10. The van der Waals surface area contributed by atoms with Crippen LogP contribution in [0.4, 0.5) is 0 Å². The molecule has 0 fully saturated rings. The lowest BCUT2D eigenvalue weighted by Gasteiger charge is -2.22. The van der Waals surface area contributed by atoms with E-state index in [9.17, 15) is 5.11 Å². The number of nitrogens with zero attached hydrogens (tertiary/aromatic N) is 1. The first-order chi connectivity index (χ1) is 7.90. The second kappa shape index (κ2) is 6.15. The average molecular weight is 236 g/mol. The summed E-state index contributed by atoms with van der Waals surface area (Å²) in [6, 6.07) is 8.36. The SMILES string of the molecule is CN(CCC(C)(C)O)Cc1ccc(CN)cc1. The fraction of sp³-hybridized carbons (Fsp3) is 0.571. The number of hydrogen-bond donors (Lipinski definition) is 2. The fourth-order valence-electron chi connectivity index (χ4n) is 1.64. The summed E-state index contributed by atoms with van der Waals surface area (Å²) in [7, 11) is 2.07. The number of hydrogen-bond acceptors (Lipinski definition) is 3. The Bertz CT molecular complexity index is 327. The summed E-state index contributed by atoms with van der Waals surface area (Å²) in [5.74, 6) is 0. The molecule has 0 saturated heterocycles. The molecule has 0 spiro atoms. The van der Waals surface area contributed by atoms with Crippen LogP contribution in [0.15, 0.2) is 24.3 Å². The van der Waals surface area contributed by atoms with Crippen LogP contribution in [0.1, 0.15) is 31.4 Å². The van der Waals surface area contributed by atoms with Gasteiger partial charge in [0.1, 0.15) is 0 Å². The van der Waals surface area contributed by atoms with Crippen LogP contribution in [0.3, 0.4) is 0 Å². The van der Waals surface area contributed by atoms with Gasteiger partial charge in [-0.25, -0.2) is 0 Å². The maximum absolute atomic E-state index is 9.66. The summed E-state index contributed by atoms with van der Waals surface area (Å²) in [5, 5.41) is 9.66. The Morgan fingerprint density at radius 3 is 2.18 bits per heavy atom. The Morgan fingerprint density at radius 1 is 1.18 bits per heavy atom. The van der Waals surface area contributed by atoms with Crippen molar-refractivity contribution < 1.29 is 5.11 Å². The maximum Gasteiger partial charge on any atom is 0.0603 e. The summed E-state index contributed by atoms with van der Waals surface area (Å²) >= 11 is 0. The highest BCUT2D eigenvalue weighted by molar-refractivity contribution is 5.22. The van der Waals surface area contributed by atoms with Gasteiger partial charge in [0.25, 0.3) is 0 Å². The van der Waals surface area contributed by atoms with Crippen LogP contribution in [-0.4, -0.2) is 29.2 Å². The van der Waals surface area contributed by atoms with E-state index in [1.54, 1.807) is 0 Å². The first-order valence-electron chi connectivity index (χ1n) is 6.09. The molecule has 1 aromatic carbocycles. The van der Waals surface area contributed by atoms with E-state index in [0.717, 1.165) is 25.1 Å². The Morgan fingerprint density at radius 2 is 1.71 bits per heavy atom. The van der Waals surface area contributed by atoms with E-state index in [1.807, 2.05) is 13.8 Å². The zero-order valence-electron chi connectivity index (χ0n) is 11.1. The smallest absolute Gasteiger partial charge is 0.0603 e. The zero-order chi connectivity index (χ0) is 12.9. The van der Waals surface area contributed by atoms with Crippen molar-refractivity contribution in [3.8, 4) is 0 Å². The molecule has 0 aromatic heterocycles. The third kappa shape index (κ3) is 5.82. The van der Waals surface area contributed by atoms with E-state index in [1.165, 1.54) is 5.56 Å². The van der Waals surface area contributed by atoms with Crippen LogP contribution >= 0.6 is 0 Å². The van der Waals surface area contributed by atoms with Gasteiger partial charge >= 0.3 is 0 Å². The van der Waals surface area contributed by atoms with Crippen molar-refractivity contribution in [2.75, 3.05) is 13.6 Å². The molecule has 0 heterocycles. The quantitative estimate of drug-likeness (QED) is 0.791. The van der Waals surface area contributed by atoms with Crippen LogP contribution in [0.25, 0.3) is 0 Å². The molecule has 0 bridgehead atoms. The van der Waals surface area contributed by atoms with E-state index in [0.29, 0.717) is 6.54 Å². The van der Waals surface area contributed by atoms with Gasteiger partial charge in [-0.3, -0.25) is 0 Å². The van der Waals surface area contributed by atoms with E-state index in [-0.39, 0.29) is 0 Å². The summed E-state index contributed by atoms with van der Waals surface area (Å²) in [6.45, 7) is 6.08. The second-order valence-corrected chi connectivity index (χ2v) is 5.32. The van der Waals surface area contributed by atoms with Crippen LogP contribution in [0, 0.1) is 0 Å². The lowest BCUT2D eigenvalue weighted by molar-refractivity contribution is 0.0599. The molecular formula is C14H24N2O. The summed E-state index contributed by atoms with van der Waals surface area (Å²) in [6.07, 6.45) is 0.782. The molecule has 3 nitrogen and oxygen atoms in total. The minimum Gasteiger partial charge on any atom is -0.390 e. The van der Waals surface area contributed by atoms with Gasteiger partial charge in [0.2, 0.25) is 0 Å². The first kappa shape index (κ1) is 14.2. The molecule has 0 saturated carbocycles. The van der Waals surface area contributed by atoms with Gasteiger partial charge in [0.05, 0.1) is 5.60 Å². The van der Waals surface area contributed by atoms with Crippen LogP contribution in [-0.2, 0) is 13.1 Å². The molecule has 1 aromatic rings. The van der Waals surface area contributed by atoms with Crippen molar-refractivity contribution in [1.29, 1.82) is 0 Å². The lowest BCUT2D eigenvalue weighted by atomic mass is 10.1. The maximum atomic E-state index is 9.66. The molecule has 0 amide bonds. The number of aliphatic hydroxyl groups is 1. The summed E-state index contributed by atoms with van der Waals surface area (Å²) in [4.78, 5) is 2.22. The third-order valence-corrected chi connectivity index (χ3v) is 2.82. The second-order valence-electron chi connectivity index (χ2n) is 5.32. The molecule has 0 aliphatic heterocycles. The largest absolute Gasteiger partial charge is 0.390 e. The minimum absolute atomic E-state index is 0.586. The molecule has 17 heavy (non-hydrogen) atoms. The molecule has 0 aliphatic rings. The lowest BCUT2D eigenvalue weighted by Crippen LogP contribution is -2.28. The molecule has 0 unspecified atom stereocenters. The van der Waals surface area contributed by atoms with E-state index in [2.05, 4.69) is 36.2 Å². The molecule has 0 radical (unpaired) electrons. The highest BCUT2D eigenvalue weighted by Gasteiger charge is 2.13. The van der Waals surface area contributed by atoms with Crippen LogP contribution < -0.4 is 5.73 Å². The van der Waals surface area contributed by atoms with Crippen LogP contribution in [0.2, 0.25) is 0 Å². The standard InChI is InChI=1S/C14H24N2O/c1-14(2,17)8-9-16(3)11-13-6-4-12(10-15)5-7-13/h4-7,17H,8-11,15H2,1-3H3. The third-order valence-electron chi connectivity index (χ3n) is 2.82. The van der Waals surface area contributed by atoms with Gasteiger partial charge < -0.3 is 15.7 Å². The van der Waals surface area contributed by atoms with E-state index >= 15 is 0 Å². The Hall–Kier alpha value is -0.900. The molecule has 3 heteroatoms. The summed E-state index contributed by atoms with van der Waals surface area (Å²) in [5.41, 5.74) is 7.41. The topological polar surface area (TPSA) is 49.5 Å². The molecule has 0 aliphatic carbocycles. The van der Waals surface area contributed by atoms with E-state index in [4.69, 9.17) is 5.73 Å². The minimum atomic E-state index is -0.586. The van der Waals surface area contributed by atoms with Gasteiger partial charge in [-0.2, -0.15) is 0 Å². The molecule has 1 rings (SSSR count). The Labute approximate surface area is 104 Å². The van der Waals surface area contributed by atoms with Gasteiger partial charge in [-0.05, 0) is 38.4 Å². The predicted octanol–water partition coefficient (Wildman–Crippen LogP) is 1.74. The molecule has 3 N–H and O–H groups in total. The van der Waals surface area contributed by atoms with Crippen molar-refractivity contribution in [2.45, 2.75) is 39.0 Å². The molecule has 0 atom stereocenters. The highest BCUT2D eigenvalue weighted by atomic mass is 16.3. The Balaban J connectivity index is 2.42. The van der Waals surface area contributed by atoms with Crippen molar-refractivity contribution in [3.63, 3.8) is 0 Å². The van der Waals surface area contributed by atoms with Crippen molar-refractivity contribution >= 4 is 0 Å². The summed E-state index contributed by atoms with van der Waals surface area (Å²) < 4.78 is 0.